The van der Waals surface area contributed by atoms with Crippen molar-refractivity contribution in [1.29, 1.82) is 0 Å². The van der Waals surface area contributed by atoms with Crippen LogP contribution in [-0.4, -0.2) is 27.5 Å². The van der Waals surface area contributed by atoms with Gasteiger partial charge in [0.2, 0.25) is 0 Å². The molecule has 0 aliphatic heterocycles. The van der Waals surface area contributed by atoms with Crippen LogP contribution in [0.3, 0.4) is 0 Å². The number of hydrogen-bond donors (Lipinski definition) is 1. The summed E-state index contributed by atoms with van der Waals surface area (Å²) in [5, 5.41) is 1.36. The van der Waals surface area contributed by atoms with E-state index in [1.54, 1.807) is 12.3 Å². The van der Waals surface area contributed by atoms with Crippen LogP contribution in [0.5, 0.6) is 0 Å². The van der Waals surface area contributed by atoms with E-state index in [0.717, 1.165) is 29.4 Å². The lowest BCUT2D eigenvalue weighted by Gasteiger charge is -2.21. The first-order valence-electron chi connectivity index (χ1n) is 11.5. The summed E-state index contributed by atoms with van der Waals surface area (Å²) in [5.74, 6) is -0.114. The molecule has 6 nitrogen and oxygen atoms in total. The van der Waals surface area contributed by atoms with E-state index < -0.39 is 5.97 Å². The first kappa shape index (κ1) is 22.3. The SMILES string of the molecule is Nc1nc(-c2ccccc2)c(-c2cc(Cl)c3ncccc3c2)nc1C(=O)OCC1CCCCC1. The number of nitrogen functional groups attached to an aromatic ring is 1. The molecule has 7 heteroatoms. The van der Waals surface area contributed by atoms with Crippen molar-refractivity contribution in [2.75, 3.05) is 12.3 Å². The van der Waals surface area contributed by atoms with Crippen molar-refractivity contribution in [2.45, 2.75) is 32.1 Å². The average Bonchev–Trinajstić information content (AvgIpc) is 2.88. The Labute approximate surface area is 203 Å². The van der Waals surface area contributed by atoms with Crippen molar-refractivity contribution in [2.24, 2.45) is 5.92 Å². The average molecular weight is 473 g/mol. The summed E-state index contributed by atoms with van der Waals surface area (Å²) in [6, 6.07) is 17.1. The van der Waals surface area contributed by atoms with Gasteiger partial charge in [0.15, 0.2) is 11.5 Å². The number of esters is 1. The van der Waals surface area contributed by atoms with Crippen molar-refractivity contribution in [1.82, 2.24) is 15.0 Å². The minimum Gasteiger partial charge on any atom is -0.461 e. The van der Waals surface area contributed by atoms with Gasteiger partial charge in [-0.15, -0.1) is 0 Å². The second kappa shape index (κ2) is 9.77. The van der Waals surface area contributed by atoms with E-state index in [-0.39, 0.29) is 11.5 Å². The van der Waals surface area contributed by atoms with Crippen molar-refractivity contribution >= 4 is 34.3 Å². The van der Waals surface area contributed by atoms with Crippen LogP contribution in [0.4, 0.5) is 5.82 Å². The van der Waals surface area contributed by atoms with E-state index in [1.807, 2.05) is 48.5 Å². The number of hydrogen-bond acceptors (Lipinski definition) is 6. The predicted octanol–water partition coefficient (Wildman–Crippen LogP) is 6.33. The molecule has 0 bridgehead atoms. The van der Waals surface area contributed by atoms with Crippen molar-refractivity contribution in [3.05, 3.63) is 71.5 Å². The van der Waals surface area contributed by atoms with E-state index in [9.17, 15) is 4.79 Å². The lowest BCUT2D eigenvalue weighted by molar-refractivity contribution is 0.0404. The minimum absolute atomic E-state index is 0.0212. The molecule has 0 atom stereocenters. The molecular weight excluding hydrogens is 448 g/mol. The molecule has 2 N–H and O–H groups in total. The predicted molar refractivity (Wildman–Crippen MR) is 134 cm³/mol. The van der Waals surface area contributed by atoms with Gasteiger partial charge in [0.1, 0.15) is 0 Å². The monoisotopic (exact) mass is 472 g/mol. The first-order valence-corrected chi connectivity index (χ1v) is 11.9. The van der Waals surface area contributed by atoms with Gasteiger partial charge >= 0.3 is 5.97 Å². The summed E-state index contributed by atoms with van der Waals surface area (Å²) in [6.45, 7) is 0.378. The standard InChI is InChI=1S/C27H25ClN4O2/c28-21-15-20(14-19-12-7-13-30-22(19)21)24-23(18-10-5-2-6-11-18)32-26(29)25(31-24)27(33)34-16-17-8-3-1-4-9-17/h2,5-7,10-15,17H,1,3-4,8-9,16H2,(H2,29,32). The number of benzene rings is 2. The van der Waals surface area contributed by atoms with Crippen LogP contribution in [0.15, 0.2) is 60.8 Å². The van der Waals surface area contributed by atoms with Crippen LogP contribution in [0, 0.1) is 5.92 Å². The number of nitrogens with two attached hydrogens (primary N) is 1. The van der Waals surface area contributed by atoms with Gasteiger partial charge in [-0.1, -0.05) is 67.3 Å². The molecule has 1 saturated carbocycles. The molecule has 2 heterocycles. The number of anilines is 1. The Kier molecular flexibility index (Phi) is 6.41. The van der Waals surface area contributed by atoms with Crippen LogP contribution < -0.4 is 5.73 Å². The van der Waals surface area contributed by atoms with Crippen molar-refractivity contribution < 1.29 is 9.53 Å². The Hall–Kier alpha value is -3.51. The highest BCUT2D eigenvalue weighted by Crippen LogP contribution is 2.35. The maximum absolute atomic E-state index is 13.0. The molecule has 4 aromatic rings. The molecule has 0 unspecified atom stereocenters. The molecule has 0 amide bonds. The Bertz CT molecular complexity index is 1340. The number of rotatable bonds is 5. The summed E-state index contributed by atoms with van der Waals surface area (Å²) in [4.78, 5) is 26.6. The van der Waals surface area contributed by atoms with Gasteiger partial charge in [-0.25, -0.2) is 14.8 Å². The van der Waals surface area contributed by atoms with Crippen molar-refractivity contribution in [3.8, 4) is 22.5 Å². The number of carbonyl (C=O) groups is 1. The number of halogens is 1. The Morgan fingerprint density at radius 2 is 1.74 bits per heavy atom. The topological polar surface area (TPSA) is 91.0 Å². The number of ether oxygens (including phenoxy) is 1. The van der Waals surface area contributed by atoms with E-state index in [1.165, 1.54) is 19.3 Å². The van der Waals surface area contributed by atoms with Crippen molar-refractivity contribution in [3.63, 3.8) is 0 Å². The fourth-order valence-electron chi connectivity index (χ4n) is 4.50. The summed E-state index contributed by atoms with van der Waals surface area (Å²) in [6.07, 6.45) is 7.46. The van der Waals surface area contributed by atoms with E-state index >= 15 is 0 Å². The van der Waals surface area contributed by atoms with Crippen LogP contribution in [0.1, 0.15) is 42.6 Å². The molecule has 1 aliphatic carbocycles. The maximum Gasteiger partial charge on any atom is 0.360 e. The lowest BCUT2D eigenvalue weighted by atomic mass is 9.90. The molecule has 0 radical (unpaired) electrons. The van der Waals surface area contributed by atoms with Gasteiger partial charge in [0.05, 0.1) is 28.5 Å². The minimum atomic E-state index is -0.551. The van der Waals surface area contributed by atoms with Crippen LogP contribution in [0.25, 0.3) is 33.4 Å². The number of nitrogens with zero attached hydrogens (tertiary/aromatic N) is 3. The highest BCUT2D eigenvalue weighted by Gasteiger charge is 2.23. The van der Waals surface area contributed by atoms with Gasteiger partial charge in [0.25, 0.3) is 0 Å². The first-order chi connectivity index (χ1) is 16.6. The molecule has 34 heavy (non-hydrogen) atoms. The third kappa shape index (κ3) is 4.59. The molecule has 2 aromatic heterocycles. The maximum atomic E-state index is 13.0. The molecule has 1 aliphatic rings. The zero-order chi connectivity index (χ0) is 23.5. The quantitative estimate of drug-likeness (QED) is 0.341. The Balaban J connectivity index is 1.58. The van der Waals surface area contributed by atoms with E-state index in [2.05, 4.69) is 15.0 Å². The van der Waals surface area contributed by atoms with Crippen LogP contribution >= 0.6 is 11.6 Å². The van der Waals surface area contributed by atoms with Gasteiger partial charge in [0, 0.05) is 22.7 Å². The summed E-state index contributed by atoms with van der Waals surface area (Å²) >= 11 is 6.55. The summed E-state index contributed by atoms with van der Waals surface area (Å²) < 4.78 is 5.62. The van der Waals surface area contributed by atoms with Gasteiger partial charge < -0.3 is 10.5 Å². The molecule has 172 valence electrons. The Morgan fingerprint density at radius 1 is 0.971 bits per heavy atom. The largest absolute Gasteiger partial charge is 0.461 e. The normalized spacial score (nSPS) is 14.3. The highest BCUT2D eigenvalue weighted by atomic mass is 35.5. The molecule has 0 saturated heterocycles. The number of fused-ring (bicyclic) bond motifs is 1. The zero-order valence-electron chi connectivity index (χ0n) is 18.7. The molecule has 5 rings (SSSR count). The number of pyridine rings is 1. The summed E-state index contributed by atoms with van der Waals surface area (Å²) in [7, 11) is 0. The number of carbonyl (C=O) groups excluding carboxylic acids is 1. The fourth-order valence-corrected chi connectivity index (χ4v) is 4.77. The second-order valence-corrected chi connectivity index (χ2v) is 9.06. The van der Waals surface area contributed by atoms with Gasteiger partial charge in [-0.05, 0) is 37.0 Å². The highest BCUT2D eigenvalue weighted by molar-refractivity contribution is 6.35. The van der Waals surface area contributed by atoms with Gasteiger partial charge in [-0.2, -0.15) is 0 Å². The lowest BCUT2D eigenvalue weighted by Crippen LogP contribution is -2.19. The van der Waals surface area contributed by atoms with E-state index in [4.69, 9.17) is 22.1 Å². The third-order valence-corrected chi connectivity index (χ3v) is 6.56. The summed E-state index contributed by atoms with van der Waals surface area (Å²) in [5.41, 5.74) is 9.58. The Morgan fingerprint density at radius 3 is 2.53 bits per heavy atom. The van der Waals surface area contributed by atoms with E-state index in [0.29, 0.717) is 34.5 Å². The van der Waals surface area contributed by atoms with Crippen LogP contribution in [-0.2, 0) is 4.74 Å². The fraction of sp³-hybridized carbons (Fsp3) is 0.259. The third-order valence-electron chi connectivity index (χ3n) is 6.27. The van der Waals surface area contributed by atoms with Crippen LogP contribution in [0.2, 0.25) is 5.02 Å². The smallest absolute Gasteiger partial charge is 0.360 e. The molecular formula is C27H25ClN4O2. The van der Waals surface area contributed by atoms with Gasteiger partial charge in [-0.3, -0.25) is 4.98 Å². The molecule has 0 spiro atoms. The molecule has 2 aromatic carbocycles. The zero-order valence-corrected chi connectivity index (χ0v) is 19.5. The second-order valence-electron chi connectivity index (χ2n) is 8.66. The number of aromatic nitrogens is 3. The molecule has 1 fully saturated rings.